The maximum atomic E-state index is 12.3. The first-order valence-electron chi connectivity index (χ1n) is 7.08. The molecule has 0 bridgehead atoms. The van der Waals surface area contributed by atoms with Crippen molar-refractivity contribution in [3.63, 3.8) is 0 Å². The van der Waals surface area contributed by atoms with Crippen molar-refractivity contribution in [1.29, 1.82) is 0 Å². The summed E-state index contributed by atoms with van der Waals surface area (Å²) in [5.41, 5.74) is 6.23. The molecule has 0 spiro atoms. The molecule has 118 valence electrons. The van der Waals surface area contributed by atoms with Gasteiger partial charge in [-0.15, -0.1) is 12.4 Å². The number of nitrogens with one attached hydrogen (secondary N) is 1. The van der Waals surface area contributed by atoms with Crippen LogP contribution in [0.25, 0.3) is 0 Å². The number of hydrogen-bond acceptors (Lipinski definition) is 2. The first-order chi connectivity index (χ1) is 9.63. The Balaban J connectivity index is 0.00000220. The van der Waals surface area contributed by atoms with Crippen LogP contribution >= 0.6 is 35.6 Å². The van der Waals surface area contributed by atoms with E-state index in [0.29, 0.717) is 28.1 Å². The molecule has 0 saturated heterocycles. The van der Waals surface area contributed by atoms with Gasteiger partial charge in [0.1, 0.15) is 0 Å². The molecule has 0 aromatic heterocycles. The number of nitrogens with two attached hydrogens (primary N) is 1. The van der Waals surface area contributed by atoms with Gasteiger partial charge in [0.15, 0.2) is 0 Å². The minimum Gasteiger partial charge on any atom is -0.348 e. The maximum Gasteiger partial charge on any atom is 0.253 e. The van der Waals surface area contributed by atoms with Crippen LogP contribution in [0.2, 0.25) is 10.0 Å². The van der Waals surface area contributed by atoms with E-state index < -0.39 is 0 Å². The molecule has 0 radical (unpaired) electrons. The van der Waals surface area contributed by atoms with Crippen LogP contribution in [0, 0.1) is 5.92 Å². The lowest BCUT2D eigenvalue weighted by Gasteiger charge is -2.30. The summed E-state index contributed by atoms with van der Waals surface area (Å²) in [6.07, 6.45) is 5.97. The molecule has 2 rings (SSSR count). The summed E-state index contributed by atoms with van der Waals surface area (Å²) in [7, 11) is 0. The standard InChI is InChI=1S/C15H20Cl2N2O.ClH/c16-12-8-4-7-11(14(12)17)15(20)19-13(9-18)10-5-2-1-3-6-10;/h4,7-8,10,13H,1-3,5-6,9,18H2,(H,19,20);1H. The lowest BCUT2D eigenvalue weighted by molar-refractivity contribution is 0.0915. The van der Waals surface area contributed by atoms with Crippen molar-refractivity contribution < 1.29 is 4.79 Å². The van der Waals surface area contributed by atoms with Crippen LogP contribution in [0.3, 0.4) is 0 Å². The summed E-state index contributed by atoms with van der Waals surface area (Å²) < 4.78 is 0. The minimum atomic E-state index is -0.196. The van der Waals surface area contributed by atoms with Crippen molar-refractivity contribution in [2.75, 3.05) is 6.54 Å². The van der Waals surface area contributed by atoms with Crippen LogP contribution < -0.4 is 11.1 Å². The minimum absolute atomic E-state index is 0. The first kappa shape index (κ1) is 18.6. The lowest BCUT2D eigenvalue weighted by atomic mass is 9.84. The SMILES string of the molecule is Cl.NCC(NC(=O)c1cccc(Cl)c1Cl)C1CCCCC1. The molecule has 1 amide bonds. The fraction of sp³-hybridized carbons (Fsp3) is 0.533. The average Bonchev–Trinajstić information content (AvgIpc) is 2.48. The normalized spacial score (nSPS) is 16.9. The van der Waals surface area contributed by atoms with Crippen molar-refractivity contribution in [2.45, 2.75) is 38.1 Å². The highest BCUT2D eigenvalue weighted by Crippen LogP contribution is 2.28. The van der Waals surface area contributed by atoms with E-state index in [9.17, 15) is 4.79 Å². The van der Waals surface area contributed by atoms with Gasteiger partial charge < -0.3 is 11.1 Å². The van der Waals surface area contributed by atoms with E-state index in [0.717, 1.165) is 12.8 Å². The van der Waals surface area contributed by atoms with Gasteiger partial charge in [0.2, 0.25) is 0 Å². The van der Waals surface area contributed by atoms with Crippen LogP contribution in [0.1, 0.15) is 42.5 Å². The van der Waals surface area contributed by atoms with Crippen LogP contribution in [-0.2, 0) is 0 Å². The van der Waals surface area contributed by atoms with Gasteiger partial charge in [-0.2, -0.15) is 0 Å². The van der Waals surface area contributed by atoms with Gasteiger partial charge in [-0.1, -0.05) is 48.5 Å². The summed E-state index contributed by atoms with van der Waals surface area (Å²) in [6.45, 7) is 0.453. The molecule has 3 nitrogen and oxygen atoms in total. The molecule has 21 heavy (non-hydrogen) atoms. The average molecular weight is 352 g/mol. The van der Waals surface area contributed by atoms with Gasteiger partial charge in [0.25, 0.3) is 5.91 Å². The monoisotopic (exact) mass is 350 g/mol. The van der Waals surface area contributed by atoms with Gasteiger partial charge in [0.05, 0.1) is 15.6 Å². The van der Waals surface area contributed by atoms with Crippen LogP contribution in [0.5, 0.6) is 0 Å². The number of carbonyl (C=O) groups is 1. The number of hydrogen-bond donors (Lipinski definition) is 2. The summed E-state index contributed by atoms with van der Waals surface area (Å²) >= 11 is 12.0. The molecule has 3 N–H and O–H groups in total. The van der Waals surface area contributed by atoms with Crippen LogP contribution in [0.15, 0.2) is 18.2 Å². The smallest absolute Gasteiger partial charge is 0.253 e. The van der Waals surface area contributed by atoms with E-state index in [1.165, 1.54) is 19.3 Å². The van der Waals surface area contributed by atoms with Crippen molar-refractivity contribution in [3.8, 4) is 0 Å². The third-order valence-corrected chi connectivity index (χ3v) is 4.80. The summed E-state index contributed by atoms with van der Waals surface area (Å²) in [4.78, 5) is 12.3. The van der Waals surface area contributed by atoms with Crippen molar-refractivity contribution in [3.05, 3.63) is 33.8 Å². The second-order valence-corrected chi connectivity index (χ2v) is 6.10. The zero-order valence-corrected chi connectivity index (χ0v) is 14.1. The van der Waals surface area contributed by atoms with E-state index in [2.05, 4.69) is 5.32 Å². The molecule has 1 atom stereocenters. The number of halogens is 3. The molecule has 1 aliphatic rings. The molecule has 1 unspecified atom stereocenters. The number of carbonyl (C=O) groups excluding carboxylic acids is 1. The molecule has 1 saturated carbocycles. The maximum absolute atomic E-state index is 12.3. The Morgan fingerprint density at radius 2 is 1.95 bits per heavy atom. The summed E-state index contributed by atoms with van der Waals surface area (Å²) in [5.74, 6) is 0.272. The van der Waals surface area contributed by atoms with Crippen LogP contribution in [0.4, 0.5) is 0 Å². The molecular weight excluding hydrogens is 331 g/mol. The zero-order valence-electron chi connectivity index (χ0n) is 11.8. The van der Waals surface area contributed by atoms with Gasteiger partial charge >= 0.3 is 0 Å². The Bertz CT molecular complexity index is 476. The van der Waals surface area contributed by atoms with E-state index in [1.54, 1.807) is 18.2 Å². The predicted molar refractivity (Wildman–Crippen MR) is 90.6 cm³/mol. The second kappa shape index (κ2) is 8.84. The highest BCUT2D eigenvalue weighted by Gasteiger charge is 2.25. The zero-order chi connectivity index (χ0) is 14.5. The highest BCUT2D eigenvalue weighted by atomic mass is 35.5. The molecule has 0 aliphatic heterocycles. The molecule has 1 aliphatic carbocycles. The third-order valence-electron chi connectivity index (χ3n) is 3.99. The van der Waals surface area contributed by atoms with E-state index >= 15 is 0 Å². The quantitative estimate of drug-likeness (QED) is 0.859. The molecular formula is C15H21Cl3N2O. The number of amides is 1. The number of benzene rings is 1. The van der Waals surface area contributed by atoms with Crippen molar-refractivity contribution in [1.82, 2.24) is 5.32 Å². The second-order valence-electron chi connectivity index (χ2n) is 5.32. The predicted octanol–water partition coefficient (Wildman–Crippen LogP) is 4.05. The molecule has 6 heteroatoms. The van der Waals surface area contributed by atoms with Gasteiger partial charge in [0, 0.05) is 12.6 Å². The van der Waals surface area contributed by atoms with Crippen LogP contribution in [-0.4, -0.2) is 18.5 Å². The van der Waals surface area contributed by atoms with E-state index in [4.69, 9.17) is 28.9 Å². The van der Waals surface area contributed by atoms with Crippen molar-refractivity contribution in [2.24, 2.45) is 11.7 Å². The lowest BCUT2D eigenvalue weighted by Crippen LogP contribution is -2.46. The molecule has 1 aromatic rings. The van der Waals surface area contributed by atoms with Gasteiger partial charge in [-0.25, -0.2) is 0 Å². The van der Waals surface area contributed by atoms with Gasteiger partial charge in [-0.3, -0.25) is 4.79 Å². The van der Waals surface area contributed by atoms with E-state index in [1.807, 2.05) is 0 Å². The van der Waals surface area contributed by atoms with Gasteiger partial charge in [-0.05, 0) is 30.9 Å². The Morgan fingerprint density at radius 1 is 1.29 bits per heavy atom. The molecule has 1 aromatic carbocycles. The largest absolute Gasteiger partial charge is 0.348 e. The Morgan fingerprint density at radius 3 is 2.57 bits per heavy atom. The summed E-state index contributed by atoms with van der Waals surface area (Å²) in [5, 5.41) is 3.70. The Labute approximate surface area is 142 Å². The Kier molecular flexibility index (Phi) is 7.82. The van der Waals surface area contributed by atoms with E-state index in [-0.39, 0.29) is 24.4 Å². The fourth-order valence-corrected chi connectivity index (χ4v) is 3.22. The third kappa shape index (κ3) is 4.75. The molecule has 0 heterocycles. The number of rotatable bonds is 4. The topological polar surface area (TPSA) is 55.1 Å². The fourth-order valence-electron chi connectivity index (χ4n) is 2.83. The summed E-state index contributed by atoms with van der Waals surface area (Å²) in [6, 6.07) is 5.08. The first-order valence-corrected chi connectivity index (χ1v) is 7.84. The molecule has 1 fully saturated rings. The Hall–Kier alpha value is -0.480. The van der Waals surface area contributed by atoms with Crippen molar-refractivity contribution >= 4 is 41.5 Å². The highest BCUT2D eigenvalue weighted by molar-refractivity contribution is 6.43.